The number of pyridine rings is 1. The SMILES string of the molecule is Cc1nn(-c2cccnc2)c(C)c1-c1cc([C@@]23CCOCC2C3)nc2c(-c3ccn[nH]3)cnn12. The van der Waals surface area contributed by atoms with Crippen LogP contribution in [-0.2, 0) is 10.2 Å². The van der Waals surface area contributed by atoms with Gasteiger partial charge in [-0.05, 0) is 56.9 Å². The molecule has 0 spiro atoms. The largest absolute Gasteiger partial charge is 0.381 e. The van der Waals surface area contributed by atoms with Crippen molar-refractivity contribution in [2.24, 2.45) is 5.92 Å². The molecule has 1 aliphatic carbocycles. The van der Waals surface area contributed by atoms with Gasteiger partial charge in [0.15, 0.2) is 5.65 Å². The molecule has 1 unspecified atom stereocenters. The maximum atomic E-state index is 5.75. The first-order valence-electron chi connectivity index (χ1n) is 11.6. The standard InChI is InChI=1S/C25H24N8O/c1-15-23(16(2)32(31-15)18-4-3-7-26-12-18)21-10-22(25-6-9-34-14-17(25)11-25)29-24-19(13-28-33(21)24)20-5-8-27-30-20/h3-5,7-8,10,12-13,17H,6,9,11,14H2,1-2H3,(H,27,30)/t17?,25-/m1/s1. The fourth-order valence-corrected chi connectivity index (χ4v) is 5.56. The third-order valence-electron chi connectivity index (χ3n) is 7.45. The smallest absolute Gasteiger partial charge is 0.165 e. The van der Waals surface area contributed by atoms with Crippen molar-refractivity contribution in [2.45, 2.75) is 32.1 Å². The van der Waals surface area contributed by atoms with Crippen LogP contribution < -0.4 is 0 Å². The predicted molar refractivity (Wildman–Crippen MR) is 126 cm³/mol. The lowest BCUT2D eigenvalue weighted by Crippen LogP contribution is -2.23. The monoisotopic (exact) mass is 452 g/mol. The molecule has 1 saturated heterocycles. The molecule has 1 saturated carbocycles. The zero-order valence-corrected chi connectivity index (χ0v) is 19.1. The molecule has 6 heterocycles. The molecule has 2 atom stereocenters. The molecule has 9 nitrogen and oxygen atoms in total. The van der Waals surface area contributed by atoms with E-state index in [0.717, 1.165) is 77.0 Å². The van der Waals surface area contributed by atoms with E-state index >= 15 is 0 Å². The second-order valence-electron chi connectivity index (χ2n) is 9.34. The van der Waals surface area contributed by atoms with Crippen molar-refractivity contribution in [3.63, 3.8) is 0 Å². The first kappa shape index (κ1) is 19.6. The van der Waals surface area contributed by atoms with Crippen LogP contribution in [0.15, 0.2) is 49.1 Å². The minimum absolute atomic E-state index is 0.0887. The van der Waals surface area contributed by atoms with Crippen LogP contribution in [0.3, 0.4) is 0 Å². The van der Waals surface area contributed by atoms with E-state index in [-0.39, 0.29) is 5.41 Å². The van der Waals surface area contributed by atoms with Crippen molar-refractivity contribution in [1.29, 1.82) is 0 Å². The Balaban J connectivity index is 1.48. The van der Waals surface area contributed by atoms with Gasteiger partial charge in [0.25, 0.3) is 0 Å². The summed E-state index contributed by atoms with van der Waals surface area (Å²) < 4.78 is 9.65. The molecule has 170 valence electrons. The molecule has 5 aromatic rings. The van der Waals surface area contributed by atoms with Gasteiger partial charge in [0.05, 0.1) is 58.7 Å². The van der Waals surface area contributed by atoms with Gasteiger partial charge in [-0.15, -0.1) is 0 Å². The molecule has 0 radical (unpaired) electrons. The van der Waals surface area contributed by atoms with Crippen LogP contribution in [0.25, 0.3) is 33.8 Å². The molecule has 5 aromatic heterocycles. The molecular weight excluding hydrogens is 428 g/mol. The van der Waals surface area contributed by atoms with Gasteiger partial charge >= 0.3 is 0 Å². The Hall–Kier alpha value is -3.85. The summed E-state index contributed by atoms with van der Waals surface area (Å²) in [5.41, 5.74) is 8.87. The number of rotatable bonds is 4. The third kappa shape index (κ3) is 2.73. The lowest BCUT2D eigenvalue weighted by molar-refractivity contribution is 0.0795. The minimum atomic E-state index is 0.0887. The Kier molecular flexibility index (Phi) is 4.08. The number of ether oxygens (including phenoxy) is 1. The summed E-state index contributed by atoms with van der Waals surface area (Å²) in [4.78, 5) is 9.47. The maximum Gasteiger partial charge on any atom is 0.165 e. The number of hydrogen-bond donors (Lipinski definition) is 1. The summed E-state index contributed by atoms with van der Waals surface area (Å²) in [5.74, 6) is 0.530. The van der Waals surface area contributed by atoms with Gasteiger partial charge in [-0.25, -0.2) is 14.2 Å². The van der Waals surface area contributed by atoms with E-state index in [1.807, 2.05) is 46.7 Å². The van der Waals surface area contributed by atoms with Crippen molar-refractivity contribution in [3.8, 4) is 28.2 Å². The average Bonchev–Trinajstić information content (AvgIpc) is 3.15. The van der Waals surface area contributed by atoms with E-state index < -0.39 is 0 Å². The number of nitrogens with zero attached hydrogens (tertiary/aromatic N) is 7. The van der Waals surface area contributed by atoms with E-state index in [2.05, 4.69) is 28.2 Å². The van der Waals surface area contributed by atoms with Crippen LogP contribution in [0.4, 0.5) is 0 Å². The number of nitrogens with one attached hydrogen (secondary N) is 1. The van der Waals surface area contributed by atoms with Crippen LogP contribution in [0, 0.1) is 19.8 Å². The molecule has 2 aliphatic rings. The second-order valence-corrected chi connectivity index (χ2v) is 9.34. The Morgan fingerprint density at radius 3 is 2.91 bits per heavy atom. The van der Waals surface area contributed by atoms with E-state index in [1.54, 1.807) is 12.4 Å². The maximum absolute atomic E-state index is 5.75. The summed E-state index contributed by atoms with van der Waals surface area (Å²) in [6, 6.07) is 8.13. The Morgan fingerprint density at radius 2 is 2.12 bits per heavy atom. The van der Waals surface area contributed by atoms with Gasteiger partial charge in [0.2, 0.25) is 0 Å². The highest BCUT2D eigenvalue weighted by atomic mass is 16.5. The highest BCUT2D eigenvalue weighted by Gasteiger charge is 2.58. The zero-order chi connectivity index (χ0) is 22.9. The van der Waals surface area contributed by atoms with E-state index in [1.165, 1.54) is 0 Å². The van der Waals surface area contributed by atoms with Crippen LogP contribution in [0.2, 0.25) is 0 Å². The normalized spacial score (nSPS) is 21.6. The fourth-order valence-electron chi connectivity index (χ4n) is 5.56. The highest BCUT2D eigenvalue weighted by Crippen LogP contribution is 2.58. The second kappa shape index (κ2) is 7.07. The van der Waals surface area contributed by atoms with Gasteiger partial charge < -0.3 is 4.74 Å². The third-order valence-corrected chi connectivity index (χ3v) is 7.45. The van der Waals surface area contributed by atoms with Crippen LogP contribution in [0.1, 0.15) is 29.9 Å². The van der Waals surface area contributed by atoms with Crippen molar-refractivity contribution in [1.82, 2.24) is 39.6 Å². The summed E-state index contributed by atoms with van der Waals surface area (Å²) in [5, 5.41) is 16.9. The van der Waals surface area contributed by atoms with Crippen LogP contribution in [0.5, 0.6) is 0 Å². The lowest BCUT2D eigenvalue weighted by atomic mass is 9.92. The first-order valence-corrected chi connectivity index (χ1v) is 11.6. The number of aromatic amines is 1. The first-order chi connectivity index (χ1) is 16.7. The van der Waals surface area contributed by atoms with Gasteiger partial charge in [-0.3, -0.25) is 10.1 Å². The van der Waals surface area contributed by atoms with E-state index in [0.29, 0.717) is 5.92 Å². The van der Waals surface area contributed by atoms with Crippen molar-refractivity contribution in [2.75, 3.05) is 13.2 Å². The van der Waals surface area contributed by atoms with Crippen LogP contribution >= 0.6 is 0 Å². The molecule has 0 amide bonds. The molecule has 2 fully saturated rings. The number of aromatic nitrogens is 8. The Labute approximate surface area is 195 Å². The zero-order valence-electron chi connectivity index (χ0n) is 19.1. The van der Waals surface area contributed by atoms with Gasteiger partial charge in [-0.1, -0.05) is 0 Å². The minimum Gasteiger partial charge on any atom is -0.381 e. The summed E-state index contributed by atoms with van der Waals surface area (Å²) in [7, 11) is 0. The summed E-state index contributed by atoms with van der Waals surface area (Å²) >= 11 is 0. The molecule has 34 heavy (non-hydrogen) atoms. The highest BCUT2D eigenvalue weighted by molar-refractivity contribution is 5.78. The molecule has 1 N–H and O–H groups in total. The molecule has 0 aromatic carbocycles. The number of aryl methyl sites for hydroxylation is 1. The number of fused-ring (bicyclic) bond motifs is 2. The molecule has 1 aliphatic heterocycles. The van der Waals surface area contributed by atoms with Gasteiger partial charge in [0.1, 0.15) is 0 Å². The molecule has 0 bridgehead atoms. The Bertz CT molecular complexity index is 1520. The number of H-pyrrole nitrogens is 1. The van der Waals surface area contributed by atoms with Gasteiger partial charge in [0, 0.05) is 30.0 Å². The topological polar surface area (TPSA) is 98.8 Å². The fraction of sp³-hybridized carbons (Fsp3) is 0.320. The van der Waals surface area contributed by atoms with Gasteiger partial charge in [-0.2, -0.15) is 15.3 Å². The van der Waals surface area contributed by atoms with Crippen molar-refractivity contribution in [3.05, 3.63) is 66.1 Å². The lowest BCUT2D eigenvalue weighted by Gasteiger charge is -2.23. The molecular formula is C25H24N8O. The summed E-state index contributed by atoms with van der Waals surface area (Å²) in [6.45, 7) is 5.74. The van der Waals surface area contributed by atoms with E-state index in [4.69, 9.17) is 19.9 Å². The van der Waals surface area contributed by atoms with Crippen molar-refractivity contribution < 1.29 is 4.74 Å². The Morgan fingerprint density at radius 1 is 1.18 bits per heavy atom. The molecule has 7 rings (SSSR count). The number of hydrogen-bond acceptors (Lipinski definition) is 6. The van der Waals surface area contributed by atoms with E-state index in [9.17, 15) is 0 Å². The summed E-state index contributed by atoms with van der Waals surface area (Å²) in [6.07, 6.45) is 9.34. The predicted octanol–water partition coefficient (Wildman–Crippen LogP) is 3.66. The average molecular weight is 453 g/mol. The van der Waals surface area contributed by atoms with Crippen molar-refractivity contribution >= 4 is 5.65 Å². The molecule has 9 heteroatoms. The quantitative estimate of drug-likeness (QED) is 0.447. The van der Waals surface area contributed by atoms with Crippen LogP contribution in [-0.4, -0.2) is 52.8 Å².